The normalized spacial score (nSPS) is 11.5. The van der Waals surface area contributed by atoms with Crippen molar-refractivity contribution in [1.82, 2.24) is 5.32 Å². The summed E-state index contributed by atoms with van der Waals surface area (Å²) in [6.07, 6.45) is 0.00864. The molecule has 1 unspecified atom stereocenters. The average molecular weight is 299 g/mol. The Bertz CT molecular complexity index is 557. The molecule has 1 N–H and O–H groups in total. The number of nitrogens with one attached hydrogen (secondary N) is 1. The summed E-state index contributed by atoms with van der Waals surface area (Å²) in [7, 11) is 0. The van der Waals surface area contributed by atoms with Gasteiger partial charge < -0.3 is 14.8 Å². The van der Waals surface area contributed by atoms with Crippen molar-refractivity contribution in [3.05, 3.63) is 66.2 Å². The number of amides is 1. The van der Waals surface area contributed by atoms with Gasteiger partial charge in [0.05, 0.1) is 0 Å². The Morgan fingerprint density at radius 3 is 2.32 bits per heavy atom. The third kappa shape index (κ3) is 5.48. The fourth-order valence-corrected chi connectivity index (χ4v) is 1.90. The second-order valence-electron chi connectivity index (χ2n) is 4.90. The number of ether oxygens (including phenoxy) is 2. The minimum Gasteiger partial charge on any atom is -0.490 e. The average Bonchev–Trinajstić information content (AvgIpc) is 2.58. The fourth-order valence-electron chi connectivity index (χ4n) is 1.90. The van der Waals surface area contributed by atoms with E-state index in [4.69, 9.17) is 9.47 Å². The van der Waals surface area contributed by atoms with Crippen LogP contribution in [0.3, 0.4) is 0 Å². The largest absolute Gasteiger partial charge is 0.490 e. The second kappa shape index (κ2) is 8.72. The predicted octanol–water partition coefficient (Wildman–Crippen LogP) is 3.77. The van der Waals surface area contributed by atoms with E-state index in [1.54, 1.807) is 0 Å². The van der Waals surface area contributed by atoms with Crippen molar-refractivity contribution in [3.63, 3.8) is 0 Å². The van der Waals surface area contributed by atoms with Gasteiger partial charge in [-0.1, -0.05) is 55.5 Å². The molecule has 0 aliphatic carbocycles. The lowest BCUT2D eigenvalue weighted by Crippen LogP contribution is -2.31. The van der Waals surface area contributed by atoms with Gasteiger partial charge in [0, 0.05) is 6.54 Å². The van der Waals surface area contributed by atoms with Crippen LogP contribution in [-0.2, 0) is 11.3 Å². The summed E-state index contributed by atoms with van der Waals surface area (Å²) in [5.74, 6) is 0.772. The maximum Gasteiger partial charge on any atom is 0.407 e. The van der Waals surface area contributed by atoms with Gasteiger partial charge in [-0.05, 0) is 24.1 Å². The molecule has 2 rings (SSSR count). The zero-order valence-electron chi connectivity index (χ0n) is 12.7. The van der Waals surface area contributed by atoms with E-state index in [0.29, 0.717) is 19.6 Å². The van der Waals surface area contributed by atoms with E-state index >= 15 is 0 Å². The predicted molar refractivity (Wildman–Crippen MR) is 85.8 cm³/mol. The summed E-state index contributed by atoms with van der Waals surface area (Å²) in [6, 6.07) is 19.2. The van der Waals surface area contributed by atoms with Crippen LogP contribution in [0.25, 0.3) is 0 Å². The number of hydrogen-bond donors (Lipinski definition) is 1. The number of rotatable bonds is 7. The lowest BCUT2D eigenvalue weighted by Gasteiger charge is -2.17. The molecular weight excluding hydrogens is 278 g/mol. The molecule has 22 heavy (non-hydrogen) atoms. The zero-order valence-corrected chi connectivity index (χ0v) is 12.7. The first-order valence-electron chi connectivity index (χ1n) is 7.44. The van der Waals surface area contributed by atoms with Crippen LogP contribution in [0.15, 0.2) is 60.7 Å². The maximum absolute atomic E-state index is 11.8. The van der Waals surface area contributed by atoms with E-state index in [9.17, 15) is 4.79 Å². The van der Waals surface area contributed by atoms with Gasteiger partial charge >= 0.3 is 6.09 Å². The molecule has 0 spiro atoms. The van der Waals surface area contributed by atoms with Crippen molar-refractivity contribution >= 4 is 6.09 Å². The van der Waals surface area contributed by atoms with Crippen molar-refractivity contribution < 1.29 is 14.3 Å². The Kier molecular flexibility index (Phi) is 6.30. The van der Waals surface area contributed by atoms with Crippen molar-refractivity contribution in [2.45, 2.75) is 26.0 Å². The van der Waals surface area contributed by atoms with Gasteiger partial charge in [0.2, 0.25) is 0 Å². The third-order valence-corrected chi connectivity index (χ3v) is 3.19. The molecule has 4 heteroatoms. The molecule has 0 saturated carbocycles. The highest BCUT2D eigenvalue weighted by molar-refractivity contribution is 5.67. The Morgan fingerprint density at radius 2 is 1.68 bits per heavy atom. The molecule has 2 aromatic rings. The summed E-state index contributed by atoms with van der Waals surface area (Å²) < 4.78 is 11.0. The van der Waals surface area contributed by atoms with Gasteiger partial charge in [-0.15, -0.1) is 0 Å². The Balaban J connectivity index is 1.73. The topological polar surface area (TPSA) is 47.6 Å². The van der Waals surface area contributed by atoms with E-state index in [1.807, 2.05) is 67.6 Å². The van der Waals surface area contributed by atoms with Crippen molar-refractivity contribution in [1.29, 1.82) is 0 Å². The number of hydrogen-bond acceptors (Lipinski definition) is 3. The molecule has 0 heterocycles. The molecule has 0 aromatic heterocycles. The molecule has 2 aromatic carbocycles. The zero-order chi connectivity index (χ0) is 15.6. The monoisotopic (exact) mass is 299 g/mol. The first-order valence-corrected chi connectivity index (χ1v) is 7.44. The quantitative estimate of drug-likeness (QED) is 0.846. The van der Waals surface area contributed by atoms with Crippen LogP contribution in [0, 0.1) is 0 Å². The lowest BCUT2D eigenvalue weighted by atomic mass is 10.2. The smallest absolute Gasteiger partial charge is 0.407 e. The minimum atomic E-state index is -0.424. The Morgan fingerprint density at radius 1 is 1.05 bits per heavy atom. The van der Waals surface area contributed by atoms with Crippen molar-refractivity contribution in [2.24, 2.45) is 0 Å². The first-order chi connectivity index (χ1) is 10.8. The van der Waals surface area contributed by atoms with Gasteiger partial charge in [0.25, 0.3) is 0 Å². The summed E-state index contributed by atoms with van der Waals surface area (Å²) in [6.45, 7) is 2.76. The molecule has 0 aliphatic rings. The first kappa shape index (κ1) is 15.9. The second-order valence-corrected chi connectivity index (χ2v) is 4.90. The van der Waals surface area contributed by atoms with E-state index in [-0.39, 0.29) is 6.10 Å². The number of alkyl carbamates (subject to hydrolysis) is 1. The van der Waals surface area contributed by atoms with Crippen LogP contribution in [0.4, 0.5) is 4.79 Å². The molecule has 1 amide bonds. The Labute approximate surface area is 131 Å². The molecule has 1 atom stereocenters. The molecule has 116 valence electrons. The highest BCUT2D eigenvalue weighted by atomic mass is 16.6. The fraction of sp³-hybridized carbons (Fsp3) is 0.278. The molecular formula is C18H21NO3. The SMILES string of the molecule is CCC(COc1ccccc1)OC(=O)NCc1ccccc1. The van der Waals surface area contributed by atoms with Gasteiger partial charge in [-0.2, -0.15) is 0 Å². The summed E-state index contributed by atoms with van der Waals surface area (Å²) in [5, 5.41) is 2.75. The summed E-state index contributed by atoms with van der Waals surface area (Å²) in [4.78, 5) is 11.8. The van der Waals surface area contributed by atoms with Gasteiger partial charge in [0.1, 0.15) is 18.5 Å². The van der Waals surface area contributed by atoms with Crippen LogP contribution in [0.2, 0.25) is 0 Å². The van der Waals surface area contributed by atoms with Crippen LogP contribution in [0.1, 0.15) is 18.9 Å². The molecule has 0 aliphatic heterocycles. The minimum absolute atomic E-state index is 0.268. The number of para-hydroxylation sites is 1. The van der Waals surface area contributed by atoms with Gasteiger partial charge in [-0.25, -0.2) is 4.79 Å². The molecule has 0 fully saturated rings. The van der Waals surface area contributed by atoms with Crippen LogP contribution < -0.4 is 10.1 Å². The summed E-state index contributed by atoms with van der Waals surface area (Å²) >= 11 is 0. The number of carbonyl (C=O) groups excluding carboxylic acids is 1. The highest BCUT2D eigenvalue weighted by Gasteiger charge is 2.13. The highest BCUT2D eigenvalue weighted by Crippen LogP contribution is 2.10. The molecule has 0 radical (unpaired) electrons. The van der Waals surface area contributed by atoms with E-state index < -0.39 is 6.09 Å². The number of benzene rings is 2. The number of carbonyl (C=O) groups is 1. The van der Waals surface area contributed by atoms with Crippen LogP contribution in [-0.4, -0.2) is 18.8 Å². The Hall–Kier alpha value is -2.49. The molecule has 0 bridgehead atoms. The van der Waals surface area contributed by atoms with E-state index in [0.717, 1.165) is 11.3 Å². The summed E-state index contributed by atoms with van der Waals surface area (Å²) in [5.41, 5.74) is 1.04. The molecule has 4 nitrogen and oxygen atoms in total. The lowest BCUT2D eigenvalue weighted by molar-refractivity contribution is 0.0626. The van der Waals surface area contributed by atoms with Crippen LogP contribution >= 0.6 is 0 Å². The molecule has 0 saturated heterocycles. The van der Waals surface area contributed by atoms with Crippen molar-refractivity contribution in [2.75, 3.05) is 6.61 Å². The van der Waals surface area contributed by atoms with Crippen molar-refractivity contribution in [3.8, 4) is 5.75 Å². The van der Waals surface area contributed by atoms with E-state index in [1.165, 1.54) is 0 Å². The maximum atomic E-state index is 11.8. The van der Waals surface area contributed by atoms with Gasteiger partial charge in [0.15, 0.2) is 0 Å². The van der Waals surface area contributed by atoms with E-state index in [2.05, 4.69) is 5.32 Å². The third-order valence-electron chi connectivity index (χ3n) is 3.19. The van der Waals surface area contributed by atoms with Crippen LogP contribution in [0.5, 0.6) is 5.75 Å². The van der Waals surface area contributed by atoms with Gasteiger partial charge in [-0.3, -0.25) is 0 Å². The standard InChI is InChI=1S/C18H21NO3/c1-2-16(14-21-17-11-7-4-8-12-17)22-18(20)19-13-15-9-5-3-6-10-15/h3-12,16H,2,13-14H2,1H3,(H,19,20).